The Morgan fingerprint density at radius 2 is 2.20 bits per heavy atom. The summed E-state index contributed by atoms with van der Waals surface area (Å²) in [6.45, 7) is 3.29. The number of carbonyl (C=O) groups excluding carboxylic acids is 1. The van der Waals surface area contributed by atoms with Gasteiger partial charge in [0, 0.05) is 19.7 Å². The fourth-order valence-corrected chi connectivity index (χ4v) is 2.06. The van der Waals surface area contributed by atoms with Crippen LogP contribution in [0.25, 0.3) is 0 Å². The molecule has 1 aliphatic heterocycles. The first-order valence-corrected chi connectivity index (χ1v) is 5.79. The first kappa shape index (κ1) is 10.9. The molecule has 1 aliphatic carbocycles. The molecule has 0 spiro atoms. The molecule has 0 radical (unpaired) electrons. The van der Waals surface area contributed by atoms with E-state index in [1.54, 1.807) is 0 Å². The van der Waals surface area contributed by atoms with Gasteiger partial charge in [0.25, 0.3) is 0 Å². The van der Waals surface area contributed by atoms with E-state index in [4.69, 9.17) is 4.74 Å². The fraction of sp³-hybridized carbons (Fsp3) is 0.909. The minimum atomic E-state index is 0.180. The summed E-state index contributed by atoms with van der Waals surface area (Å²) in [5, 5.41) is 3.24. The van der Waals surface area contributed by atoms with Gasteiger partial charge in [0.05, 0.1) is 18.7 Å². The highest BCUT2D eigenvalue weighted by Crippen LogP contribution is 2.20. The van der Waals surface area contributed by atoms with Crippen LogP contribution in [0, 0.1) is 0 Å². The highest BCUT2D eigenvalue weighted by atomic mass is 16.5. The van der Waals surface area contributed by atoms with Crippen LogP contribution in [0.3, 0.4) is 0 Å². The third-order valence-electron chi connectivity index (χ3n) is 3.35. The highest BCUT2D eigenvalue weighted by Gasteiger charge is 2.31. The normalized spacial score (nSPS) is 30.5. The zero-order valence-electron chi connectivity index (χ0n) is 9.53. The molecule has 2 unspecified atom stereocenters. The largest absolute Gasteiger partial charge is 0.376 e. The van der Waals surface area contributed by atoms with Crippen LogP contribution < -0.4 is 5.32 Å². The van der Waals surface area contributed by atoms with E-state index in [9.17, 15) is 4.79 Å². The maximum Gasteiger partial charge on any atom is 0.236 e. The van der Waals surface area contributed by atoms with E-state index in [1.165, 1.54) is 12.8 Å². The molecule has 1 N–H and O–H groups in total. The minimum Gasteiger partial charge on any atom is -0.376 e. The number of ether oxygens (including phenoxy) is 1. The molecule has 2 rings (SSSR count). The van der Waals surface area contributed by atoms with Crippen LogP contribution in [-0.4, -0.2) is 49.2 Å². The van der Waals surface area contributed by atoms with Gasteiger partial charge in [-0.1, -0.05) is 0 Å². The van der Waals surface area contributed by atoms with Crippen LogP contribution in [0.4, 0.5) is 0 Å². The van der Waals surface area contributed by atoms with Crippen molar-refractivity contribution in [2.24, 2.45) is 0 Å². The molecule has 1 heterocycles. The number of amides is 1. The van der Waals surface area contributed by atoms with Crippen molar-refractivity contribution in [1.29, 1.82) is 0 Å². The van der Waals surface area contributed by atoms with Gasteiger partial charge in [0.2, 0.25) is 5.91 Å². The van der Waals surface area contributed by atoms with E-state index in [0.29, 0.717) is 12.6 Å². The zero-order valence-corrected chi connectivity index (χ0v) is 9.53. The summed E-state index contributed by atoms with van der Waals surface area (Å²) in [6, 6.07) is 0.859. The third kappa shape index (κ3) is 2.69. The predicted octanol–water partition coefficient (Wildman–Crippen LogP) is 0.374. The van der Waals surface area contributed by atoms with Gasteiger partial charge in [-0.2, -0.15) is 0 Å². The molecule has 2 aliphatic rings. The monoisotopic (exact) mass is 212 g/mol. The van der Waals surface area contributed by atoms with E-state index in [1.807, 2.05) is 18.9 Å². The van der Waals surface area contributed by atoms with E-state index >= 15 is 0 Å². The number of nitrogens with zero attached hydrogens (tertiary/aromatic N) is 1. The molecule has 4 nitrogen and oxygen atoms in total. The van der Waals surface area contributed by atoms with Crippen LogP contribution >= 0.6 is 0 Å². The van der Waals surface area contributed by atoms with E-state index in [0.717, 1.165) is 13.0 Å². The molecule has 0 aromatic carbocycles. The van der Waals surface area contributed by atoms with Crippen molar-refractivity contribution >= 4 is 5.91 Å². The molecule has 0 aromatic rings. The maximum absolute atomic E-state index is 11.8. The van der Waals surface area contributed by atoms with Gasteiger partial charge in [-0.25, -0.2) is 0 Å². The second-order valence-electron chi connectivity index (χ2n) is 4.59. The number of rotatable bonds is 4. The fourth-order valence-electron chi connectivity index (χ4n) is 2.06. The predicted molar refractivity (Wildman–Crippen MR) is 57.6 cm³/mol. The average molecular weight is 212 g/mol. The van der Waals surface area contributed by atoms with Crippen LogP contribution in [0.1, 0.15) is 26.2 Å². The molecule has 4 heteroatoms. The van der Waals surface area contributed by atoms with Crippen molar-refractivity contribution in [2.75, 3.05) is 20.2 Å². The Hall–Kier alpha value is -0.610. The maximum atomic E-state index is 11.8. The summed E-state index contributed by atoms with van der Waals surface area (Å²) in [5.41, 5.74) is 0. The van der Waals surface area contributed by atoms with Gasteiger partial charge < -0.3 is 15.0 Å². The Bertz CT molecular complexity index is 241. The van der Waals surface area contributed by atoms with E-state index in [2.05, 4.69) is 5.32 Å². The molecule has 15 heavy (non-hydrogen) atoms. The van der Waals surface area contributed by atoms with Gasteiger partial charge in [-0.3, -0.25) is 4.79 Å². The molecule has 86 valence electrons. The Morgan fingerprint density at radius 3 is 2.73 bits per heavy atom. The molecule has 2 fully saturated rings. The Balaban J connectivity index is 1.77. The number of nitrogens with one attached hydrogen (secondary N) is 1. The molecule has 1 saturated carbocycles. The lowest BCUT2D eigenvalue weighted by Gasteiger charge is -2.26. The average Bonchev–Trinajstić information content (AvgIpc) is 2.96. The summed E-state index contributed by atoms with van der Waals surface area (Å²) in [6.07, 6.45) is 3.59. The lowest BCUT2D eigenvalue weighted by Crippen LogP contribution is -2.45. The van der Waals surface area contributed by atoms with Crippen molar-refractivity contribution in [3.05, 3.63) is 0 Å². The molecular formula is C11H20N2O2. The summed E-state index contributed by atoms with van der Waals surface area (Å²) in [7, 11) is 1.88. The topological polar surface area (TPSA) is 41.6 Å². The zero-order chi connectivity index (χ0) is 10.8. The SMILES string of the molecule is CC1OCCC1N(C)C(=O)CNC1CC1. The lowest BCUT2D eigenvalue weighted by atomic mass is 10.1. The summed E-state index contributed by atoms with van der Waals surface area (Å²) in [4.78, 5) is 13.7. The van der Waals surface area contributed by atoms with E-state index in [-0.39, 0.29) is 18.1 Å². The van der Waals surface area contributed by atoms with Crippen molar-refractivity contribution in [2.45, 2.75) is 44.4 Å². The van der Waals surface area contributed by atoms with Gasteiger partial charge in [0.15, 0.2) is 0 Å². The van der Waals surface area contributed by atoms with Crippen molar-refractivity contribution in [3.8, 4) is 0 Å². The van der Waals surface area contributed by atoms with Crippen molar-refractivity contribution in [3.63, 3.8) is 0 Å². The van der Waals surface area contributed by atoms with Crippen LogP contribution in [0.5, 0.6) is 0 Å². The lowest BCUT2D eigenvalue weighted by molar-refractivity contribution is -0.131. The van der Waals surface area contributed by atoms with Gasteiger partial charge in [-0.15, -0.1) is 0 Å². The summed E-state index contributed by atoms with van der Waals surface area (Å²) >= 11 is 0. The Kier molecular flexibility index (Phi) is 3.26. The molecule has 1 amide bonds. The smallest absolute Gasteiger partial charge is 0.236 e. The molecule has 1 saturated heterocycles. The Labute approximate surface area is 91.0 Å². The quantitative estimate of drug-likeness (QED) is 0.732. The number of carbonyl (C=O) groups is 1. The Morgan fingerprint density at radius 1 is 1.47 bits per heavy atom. The molecule has 2 atom stereocenters. The van der Waals surface area contributed by atoms with Crippen LogP contribution in [0.15, 0.2) is 0 Å². The van der Waals surface area contributed by atoms with Gasteiger partial charge in [0.1, 0.15) is 0 Å². The second-order valence-corrected chi connectivity index (χ2v) is 4.59. The second kappa shape index (κ2) is 4.49. The van der Waals surface area contributed by atoms with Crippen LogP contribution in [-0.2, 0) is 9.53 Å². The molecule has 0 bridgehead atoms. The molecule has 0 aromatic heterocycles. The van der Waals surface area contributed by atoms with Crippen molar-refractivity contribution < 1.29 is 9.53 Å². The number of likely N-dealkylation sites (N-methyl/N-ethyl adjacent to an activating group) is 1. The molecular weight excluding hydrogens is 192 g/mol. The summed E-state index contributed by atoms with van der Waals surface area (Å²) < 4.78 is 5.46. The van der Waals surface area contributed by atoms with Gasteiger partial charge in [-0.05, 0) is 26.2 Å². The van der Waals surface area contributed by atoms with Crippen molar-refractivity contribution in [1.82, 2.24) is 10.2 Å². The van der Waals surface area contributed by atoms with E-state index < -0.39 is 0 Å². The standard InChI is InChI=1S/C11H20N2O2/c1-8-10(5-6-15-8)13(2)11(14)7-12-9-3-4-9/h8-10,12H,3-7H2,1-2H3. The third-order valence-corrected chi connectivity index (χ3v) is 3.35. The number of hydrogen-bond acceptors (Lipinski definition) is 3. The highest BCUT2D eigenvalue weighted by molar-refractivity contribution is 5.78. The minimum absolute atomic E-state index is 0.180. The number of hydrogen-bond donors (Lipinski definition) is 1. The van der Waals surface area contributed by atoms with Gasteiger partial charge >= 0.3 is 0 Å². The first-order chi connectivity index (χ1) is 7.18. The van der Waals surface area contributed by atoms with Crippen LogP contribution in [0.2, 0.25) is 0 Å². The first-order valence-electron chi connectivity index (χ1n) is 5.79. The summed E-state index contributed by atoms with van der Waals surface area (Å²) in [5.74, 6) is 0.184.